The molecule has 4 rings (SSSR count). The Bertz CT molecular complexity index is 735. The summed E-state index contributed by atoms with van der Waals surface area (Å²) in [5.74, 6) is 3.22. The summed E-state index contributed by atoms with van der Waals surface area (Å²) in [6, 6.07) is 7.71. The number of carbonyl (C=O) groups excluding carboxylic acids is 2. The molecule has 2 saturated carbocycles. The first kappa shape index (κ1) is 21.6. The summed E-state index contributed by atoms with van der Waals surface area (Å²) in [7, 11) is 0. The van der Waals surface area contributed by atoms with E-state index in [0.717, 1.165) is 22.9 Å². The van der Waals surface area contributed by atoms with Crippen LogP contribution in [0.4, 0.5) is 0 Å². The van der Waals surface area contributed by atoms with E-state index in [0.29, 0.717) is 15.9 Å². The first-order valence-electron chi connectivity index (χ1n) is 10.5. The molecule has 1 saturated heterocycles. The molecule has 1 aliphatic heterocycles. The summed E-state index contributed by atoms with van der Waals surface area (Å²) >= 11 is 7.69. The van der Waals surface area contributed by atoms with Crippen LogP contribution in [0.2, 0.25) is 0 Å². The average Bonchev–Trinajstić information content (AvgIpc) is 3.16. The van der Waals surface area contributed by atoms with E-state index >= 15 is 0 Å². The summed E-state index contributed by atoms with van der Waals surface area (Å²) in [6.45, 7) is 1.74. The molecule has 1 heterocycles. The first-order chi connectivity index (χ1) is 14.0. The van der Waals surface area contributed by atoms with E-state index in [1.165, 1.54) is 30.8 Å². The predicted molar refractivity (Wildman–Crippen MR) is 123 cm³/mol. The summed E-state index contributed by atoms with van der Waals surface area (Å²) < 4.78 is 6.80. The second-order valence-corrected chi connectivity index (χ2v) is 12.3. The monoisotopic (exact) mass is 497 g/mol. The minimum Gasteiger partial charge on any atom is -0.455 e. The smallest absolute Gasteiger partial charge is 0.309 e. The van der Waals surface area contributed by atoms with Crippen molar-refractivity contribution in [2.24, 2.45) is 17.8 Å². The fourth-order valence-corrected chi connectivity index (χ4v) is 9.38. The number of hydrogen-bond acceptors (Lipinski definition) is 5. The lowest BCUT2D eigenvalue weighted by Gasteiger charge is -2.51. The molecule has 29 heavy (non-hydrogen) atoms. The van der Waals surface area contributed by atoms with Crippen LogP contribution >= 0.6 is 39.5 Å². The van der Waals surface area contributed by atoms with Crippen LogP contribution < -0.4 is 5.32 Å². The van der Waals surface area contributed by atoms with E-state index < -0.39 is 0 Å². The maximum atomic E-state index is 12.7. The Hall–Kier alpha value is -0.660. The van der Waals surface area contributed by atoms with Gasteiger partial charge in [-0.3, -0.25) is 9.59 Å². The summed E-state index contributed by atoms with van der Waals surface area (Å²) in [4.78, 5) is 25.0. The number of thioether (sulfide) groups is 2. The maximum absolute atomic E-state index is 12.7. The lowest BCUT2D eigenvalue weighted by atomic mass is 9.67. The minimum absolute atomic E-state index is 0.0468. The number of hydrogen-bond donors (Lipinski definition) is 1. The molecule has 1 spiro atoms. The van der Waals surface area contributed by atoms with Gasteiger partial charge >= 0.3 is 5.97 Å². The Morgan fingerprint density at radius 2 is 1.79 bits per heavy atom. The molecule has 3 aliphatic rings. The second-order valence-electron chi connectivity index (χ2n) is 8.36. The van der Waals surface area contributed by atoms with E-state index in [4.69, 9.17) is 4.74 Å². The molecule has 1 N–H and O–H groups in total. The lowest BCUT2D eigenvalue weighted by molar-refractivity contribution is -0.155. The predicted octanol–water partition coefficient (Wildman–Crippen LogP) is 5.17. The number of nitrogens with one attached hydrogen (secondary N) is 1. The van der Waals surface area contributed by atoms with Crippen molar-refractivity contribution in [2.75, 3.05) is 18.1 Å². The molecule has 3 atom stereocenters. The average molecular weight is 499 g/mol. The Morgan fingerprint density at radius 3 is 2.41 bits per heavy atom. The van der Waals surface area contributed by atoms with Gasteiger partial charge in [0.2, 0.25) is 0 Å². The molecular weight excluding hydrogens is 470 g/mol. The van der Waals surface area contributed by atoms with Crippen LogP contribution in [0.3, 0.4) is 0 Å². The van der Waals surface area contributed by atoms with E-state index in [1.807, 2.05) is 31.2 Å². The Labute approximate surface area is 189 Å². The molecule has 2 bridgehead atoms. The van der Waals surface area contributed by atoms with Crippen LogP contribution in [-0.2, 0) is 14.3 Å². The van der Waals surface area contributed by atoms with Gasteiger partial charge in [-0.2, -0.15) is 0 Å². The van der Waals surface area contributed by atoms with E-state index in [-0.39, 0.29) is 30.4 Å². The standard InChI is InChI=1S/C22H28BrNO3S2/c1-14(15-5-7-19(23)8-6-15)24-20(25)13-27-21(26)16-11-17-3-2-4-18(12-16)22(17)28-9-10-29-22/h5-8,14,16-18H,2-4,9-13H2,1H3,(H,24,25). The van der Waals surface area contributed by atoms with Crippen molar-refractivity contribution in [1.29, 1.82) is 0 Å². The highest BCUT2D eigenvalue weighted by molar-refractivity contribution is 9.10. The fraction of sp³-hybridized carbons (Fsp3) is 0.636. The molecule has 3 unspecified atom stereocenters. The third-order valence-corrected chi connectivity index (χ3v) is 11.1. The van der Waals surface area contributed by atoms with Crippen molar-refractivity contribution < 1.29 is 14.3 Å². The van der Waals surface area contributed by atoms with Crippen molar-refractivity contribution in [3.63, 3.8) is 0 Å². The van der Waals surface area contributed by atoms with Crippen LogP contribution in [0.5, 0.6) is 0 Å². The van der Waals surface area contributed by atoms with Crippen LogP contribution in [-0.4, -0.2) is 34.1 Å². The Morgan fingerprint density at radius 1 is 1.17 bits per heavy atom. The summed E-state index contributed by atoms with van der Waals surface area (Å²) in [6.07, 6.45) is 5.59. The Balaban J connectivity index is 1.27. The highest BCUT2D eigenvalue weighted by atomic mass is 79.9. The summed E-state index contributed by atoms with van der Waals surface area (Å²) in [5.41, 5.74) is 1.02. The second kappa shape index (κ2) is 9.23. The highest BCUT2D eigenvalue weighted by Crippen LogP contribution is 2.64. The molecule has 158 valence electrons. The van der Waals surface area contributed by atoms with E-state index in [9.17, 15) is 9.59 Å². The summed E-state index contributed by atoms with van der Waals surface area (Å²) in [5, 5.41) is 2.92. The largest absolute Gasteiger partial charge is 0.455 e. The number of carbonyl (C=O) groups is 2. The number of esters is 1. The molecule has 4 nitrogen and oxygen atoms in total. The van der Waals surface area contributed by atoms with Gasteiger partial charge < -0.3 is 10.1 Å². The van der Waals surface area contributed by atoms with Crippen LogP contribution in [0, 0.1) is 17.8 Å². The third-order valence-electron chi connectivity index (χ3n) is 6.55. The molecule has 1 amide bonds. The van der Waals surface area contributed by atoms with Gasteiger partial charge in [-0.25, -0.2) is 0 Å². The molecule has 7 heteroatoms. The maximum Gasteiger partial charge on any atom is 0.309 e. The molecule has 3 fully saturated rings. The SMILES string of the molecule is CC(NC(=O)COC(=O)C1CC2CCCC(C1)C21SCCS1)c1ccc(Br)cc1. The van der Waals surface area contributed by atoms with Gasteiger partial charge in [0.05, 0.1) is 16.0 Å². The van der Waals surface area contributed by atoms with Crippen molar-refractivity contribution in [3.05, 3.63) is 34.3 Å². The van der Waals surface area contributed by atoms with Gasteiger partial charge in [-0.05, 0) is 62.1 Å². The number of amides is 1. The molecule has 1 aromatic carbocycles. The van der Waals surface area contributed by atoms with Crippen LogP contribution in [0.15, 0.2) is 28.7 Å². The normalized spacial score (nSPS) is 28.7. The van der Waals surface area contributed by atoms with Crippen LogP contribution in [0.25, 0.3) is 0 Å². The number of ether oxygens (including phenoxy) is 1. The van der Waals surface area contributed by atoms with E-state index in [2.05, 4.69) is 44.8 Å². The van der Waals surface area contributed by atoms with Gasteiger partial charge in [-0.1, -0.05) is 34.5 Å². The lowest BCUT2D eigenvalue weighted by Crippen LogP contribution is -2.48. The quantitative estimate of drug-likeness (QED) is 0.568. The first-order valence-corrected chi connectivity index (χ1v) is 13.2. The fourth-order valence-electron chi connectivity index (χ4n) is 5.17. The van der Waals surface area contributed by atoms with Gasteiger partial charge in [-0.15, -0.1) is 23.5 Å². The number of rotatable bonds is 5. The van der Waals surface area contributed by atoms with Crippen molar-refractivity contribution >= 4 is 51.3 Å². The van der Waals surface area contributed by atoms with Gasteiger partial charge in [0.25, 0.3) is 5.91 Å². The zero-order valence-electron chi connectivity index (χ0n) is 16.7. The molecule has 2 aliphatic carbocycles. The minimum atomic E-state index is -0.247. The van der Waals surface area contributed by atoms with Gasteiger partial charge in [0.1, 0.15) is 0 Å². The number of halogens is 1. The zero-order valence-corrected chi connectivity index (χ0v) is 19.9. The Kier molecular flexibility index (Phi) is 6.86. The van der Waals surface area contributed by atoms with Crippen molar-refractivity contribution in [3.8, 4) is 0 Å². The molecular formula is C22H28BrNO3S2. The topological polar surface area (TPSA) is 55.4 Å². The van der Waals surface area contributed by atoms with Crippen molar-refractivity contribution in [1.82, 2.24) is 5.32 Å². The van der Waals surface area contributed by atoms with Gasteiger partial charge in [0, 0.05) is 16.0 Å². The van der Waals surface area contributed by atoms with Gasteiger partial charge in [0.15, 0.2) is 6.61 Å². The number of benzene rings is 1. The van der Waals surface area contributed by atoms with Crippen molar-refractivity contribution in [2.45, 2.75) is 49.1 Å². The highest BCUT2D eigenvalue weighted by Gasteiger charge is 2.55. The van der Waals surface area contributed by atoms with Crippen LogP contribution in [0.1, 0.15) is 50.6 Å². The van der Waals surface area contributed by atoms with E-state index in [1.54, 1.807) is 0 Å². The molecule has 1 aromatic rings. The molecule has 0 radical (unpaired) electrons. The molecule has 0 aromatic heterocycles. The zero-order chi connectivity index (χ0) is 20.4. The third kappa shape index (κ3) is 4.67.